The molecule has 0 saturated carbocycles. The third kappa shape index (κ3) is 3.81. The zero-order valence-corrected chi connectivity index (χ0v) is 15.2. The fraction of sp³-hybridized carbons (Fsp3) is 0.286. The summed E-state index contributed by atoms with van der Waals surface area (Å²) in [6.45, 7) is 0. The zero-order chi connectivity index (χ0) is 19.8. The van der Waals surface area contributed by atoms with E-state index >= 15 is 0 Å². The molecule has 0 unspecified atom stereocenters. The molecular formula is C14H19ClN5O6+. The van der Waals surface area contributed by atoms with E-state index < -0.39 is 10.2 Å². The molecule has 11 nitrogen and oxygen atoms in total. The first-order valence-electron chi connectivity index (χ1n) is 7.17. The molecule has 3 N–H and O–H groups in total. The van der Waals surface area contributed by atoms with Crippen LogP contribution < -0.4 is 25.2 Å². The van der Waals surface area contributed by atoms with E-state index in [1.807, 2.05) is 47.8 Å². The molecule has 3 heterocycles. The van der Waals surface area contributed by atoms with E-state index in [1.165, 1.54) is 11.6 Å². The maximum absolute atomic E-state index is 12.5. The van der Waals surface area contributed by atoms with Gasteiger partial charge < -0.3 is 0 Å². The minimum absolute atomic E-state index is 0.345. The van der Waals surface area contributed by atoms with E-state index in [-0.39, 0.29) is 11.2 Å². The monoisotopic (exact) mass is 388 g/mol. The molecular weight excluding hydrogens is 370 g/mol. The number of nitrogens with zero attached hydrogens (tertiary/aromatic N) is 5. The Morgan fingerprint density at radius 2 is 1.73 bits per heavy atom. The maximum atomic E-state index is 12.5. The summed E-state index contributed by atoms with van der Waals surface area (Å²) in [5, 5.41) is 0.424. The molecule has 26 heavy (non-hydrogen) atoms. The van der Waals surface area contributed by atoms with Gasteiger partial charge in [-0.3, -0.25) is 18.8 Å². The number of hydrogen-bond donors (Lipinski definition) is 3. The first-order valence-corrected chi connectivity index (χ1v) is 8.49. The molecule has 0 fully saturated rings. The van der Waals surface area contributed by atoms with E-state index in [2.05, 4.69) is 4.98 Å². The van der Waals surface area contributed by atoms with Crippen LogP contribution >= 0.6 is 0 Å². The average molecular weight is 389 g/mol. The summed E-state index contributed by atoms with van der Waals surface area (Å²) in [5.74, 6) is 0.701. The molecule has 142 valence electrons. The van der Waals surface area contributed by atoms with Crippen LogP contribution in [-0.2, 0) is 14.1 Å². The molecule has 3 aromatic rings. The average Bonchev–Trinajstić information content (AvgIpc) is 2.54. The number of fused-ring (bicyclic) bond motifs is 2. The van der Waals surface area contributed by atoms with E-state index in [0.29, 0.717) is 22.5 Å². The van der Waals surface area contributed by atoms with Gasteiger partial charge in [0.25, 0.3) is 11.2 Å². The number of pyridine rings is 1. The Hall–Kier alpha value is -2.57. The Kier molecular flexibility index (Phi) is 5.30. The second-order valence-corrected chi connectivity index (χ2v) is 6.46. The van der Waals surface area contributed by atoms with Crippen molar-refractivity contribution in [3.05, 3.63) is 45.2 Å². The number of aromatic nitrogens is 4. The molecule has 0 aliphatic heterocycles. The van der Waals surface area contributed by atoms with Gasteiger partial charge in [-0.15, -0.1) is 0 Å². The fourth-order valence-electron chi connectivity index (χ4n) is 2.53. The third-order valence-electron chi connectivity index (χ3n) is 3.57. The molecule has 0 saturated heterocycles. The van der Waals surface area contributed by atoms with Crippen LogP contribution in [-0.4, -0.2) is 42.2 Å². The van der Waals surface area contributed by atoms with Gasteiger partial charge in [-0.1, -0.05) is 11.1 Å². The summed E-state index contributed by atoms with van der Waals surface area (Å²) < 4.78 is 34.6. The van der Waals surface area contributed by atoms with Crippen LogP contribution in [0, 0.1) is 10.2 Å². The standard InChI is InChI=1S/C14H16N5O2.ClH3O4/c1-16(2)12-10-11(15-9-7-5-6-8-19(9)12)17(3)14(21)18(4)13(10)20;2-1(3,4)5/h5-8H,1-4H3;2-4H/q+1;. The normalized spacial score (nSPS) is 12.0. The summed E-state index contributed by atoms with van der Waals surface area (Å²) in [7, 11) is 2.62. The Morgan fingerprint density at radius 1 is 1.15 bits per heavy atom. The van der Waals surface area contributed by atoms with Crippen molar-refractivity contribution in [1.82, 2.24) is 14.1 Å². The molecule has 0 spiro atoms. The van der Waals surface area contributed by atoms with Crippen LogP contribution in [0.3, 0.4) is 0 Å². The van der Waals surface area contributed by atoms with E-state index in [4.69, 9.17) is 18.6 Å². The number of rotatable bonds is 1. The van der Waals surface area contributed by atoms with Crippen LogP contribution in [0.1, 0.15) is 0 Å². The van der Waals surface area contributed by atoms with Crippen LogP contribution in [0.4, 0.5) is 5.82 Å². The van der Waals surface area contributed by atoms with Crippen molar-refractivity contribution in [3.63, 3.8) is 0 Å². The van der Waals surface area contributed by atoms with E-state index in [0.717, 1.165) is 4.57 Å². The van der Waals surface area contributed by atoms with Crippen molar-refractivity contribution in [2.45, 2.75) is 0 Å². The van der Waals surface area contributed by atoms with Gasteiger partial charge in [-0.25, -0.2) is 9.20 Å². The Labute approximate surface area is 149 Å². The number of halogens is 1. The van der Waals surface area contributed by atoms with Crippen molar-refractivity contribution >= 4 is 22.5 Å². The predicted octanol–water partition coefficient (Wildman–Crippen LogP) is -3.42. The van der Waals surface area contributed by atoms with Crippen molar-refractivity contribution in [2.24, 2.45) is 14.1 Å². The molecule has 0 atom stereocenters. The van der Waals surface area contributed by atoms with Gasteiger partial charge in [-0.05, 0) is 6.07 Å². The quantitative estimate of drug-likeness (QED) is 0.288. The molecule has 3 aromatic heterocycles. The molecule has 0 amide bonds. The van der Waals surface area contributed by atoms with Gasteiger partial charge in [0.15, 0.2) is 5.39 Å². The second kappa shape index (κ2) is 6.97. The van der Waals surface area contributed by atoms with E-state index in [9.17, 15) is 9.59 Å². The first-order chi connectivity index (χ1) is 11.9. The summed E-state index contributed by atoms with van der Waals surface area (Å²) in [5.41, 5.74) is 0.336. The van der Waals surface area contributed by atoms with Gasteiger partial charge in [0, 0.05) is 20.2 Å². The van der Waals surface area contributed by atoms with Gasteiger partial charge in [-0.2, -0.15) is 0 Å². The topological polar surface area (TPSA) is 148 Å². The van der Waals surface area contributed by atoms with E-state index in [1.54, 1.807) is 7.05 Å². The van der Waals surface area contributed by atoms with Crippen molar-refractivity contribution in [1.29, 1.82) is 0 Å². The number of aryl methyl sites for hydroxylation is 1. The summed E-state index contributed by atoms with van der Waals surface area (Å²) in [4.78, 5) is 30.9. The first kappa shape index (κ1) is 19.8. The fourth-order valence-corrected chi connectivity index (χ4v) is 2.53. The summed E-state index contributed by atoms with van der Waals surface area (Å²) in [6.07, 6.45) is 1.85. The van der Waals surface area contributed by atoms with Crippen LogP contribution in [0.25, 0.3) is 16.7 Å². The Morgan fingerprint density at radius 3 is 2.27 bits per heavy atom. The molecule has 0 aliphatic carbocycles. The second-order valence-electron chi connectivity index (χ2n) is 5.60. The minimum atomic E-state index is -4.19. The molecule has 0 bridgehead atoms. The van der Waals surface area contributed by atoms with Crippen LogP contribution in [0.15, 0.2) is 34.0 Å². The SMILES string of the molecule is CN(C)c1c2c(=O)n(C)c(=O)n(C)c2nc2cccc[n+]12.[O-][Cl+](O)(O)O. The molecule has 3 rings (SSSR count). The number of anilines is 1. The Bertz CT molecular complexity index is 1080. The van der Waals surface area contributed by atoms with Crippen molar-refractivity contribution < 1.29 is 33.3 Å². The van der Waals surface area contributed by atoms with Crippen LogP contribution in [0.2, 0.25) is 0 Å². The third-order valence-corrected chi connectivity index (χ3v) is 3.57. The zero-order valence-electron chi connectivity index (χ0n) is 14.5. The van der Waals surface area contributed by atoms with Gasteiger partial charge >= 0.3 is 34.6 Å². The van der Waals surface area contributed by atoms with Crippen molar-refractivity contribution in [2.75, 3.05) is 19.0 Å². The number of hydrogen-bond acceptors (Lipinski definition) is 8. The van der Waals surface area contributed by atoms with Crippen molar-refractivity contribution in [3.8, 4) is 0 Å². The Balaban J connectivity index is 0.000000431. The van der Waals surface area contributed by atoms with Gasteiger partial charge in [0.05, 0.1) is 20.3 Å². The summed E-state index contributed by atoms with van der Waals surface area (Å²) in [6, 6.07) is 5.58. The van der Waals surface area contributed by atoms with Crippen LogP contribution in [0.5, 0.6) is 0 Å². The molecule has 0 aromatic carbocycles. The van der Waals surface area contributed by atoms with Gasteiger partial charge in [0.2, 0.25) is 11.5 Å². The molecule has 12 heteroatoms. The predicted molar refractivity (Wildman–Crippen MR) is 86.4 cm³/mol. The van der Waals surface area contributed by atoms with Gasteiger partial charge in [0.1, 0.15) is 0 Å². The summed E-state index contributed by atoms with van der Waals surface area (Å²) >= 11 is 0. The molecule has 0 aliphatic rings. The molecule has 0 radical (unpaired) electrons.